The summed E-state index contributed by atoms with van der Waals surface area (Å²) in [5, 5.41) is 0. The van der Waals surface area contributed by atoms with Gasteiger partial charge in [0.2, 0.25) is 0 Å². The van der Waals surface area contributed by atoms with Crippen LogP contribution in [0, 0.1) is 0 Å². The molecule has 0 aromatic heterocycles. The fraction of sp³-hybridized carbons (Fsp3) is 0.714. The molecule has 2 radical (unpaired) electrons. The third-order valence-electron chi connectivity index (χ3n) is 1.72. The Morgan fingerprint density at radius 1 is 1.46 bits per heavy atom. The maximum atomic E-state index is 12.5. The molecule has 0 heterocycles. The number of nitrogens with zero attached hydrogens (tertiary/aromatic N) is 1. The van der Waals surface area contributed by atoms with Crippen molar-refractivity contribution in [2.45, 2.75) is 19.4 Å². The Bertz CT molecular complexity index is 197. The van der Waals surface area contributed by atoms with Gasteiger partial charge < -0.3 is 14.7 Å². The van der Waals surface area contributed by atoms with Gasteiger partial charge in [-0.15, -0.1) is 0 Å². The normalized spacial score (nSPS) is 12.2. The fourth-order valence-electron chi connectivity index (χ4n) is 0.940. The van der Waals surface area contributed by atoms with Crippen molar-refractivity contribution in [3.05, 3.63) is 0 Å². The smallest absolute Gasteiger partial charge is 0.312 e. The van der Waals surface area contributed by atoms with E-state index in [1.54, 1.807) is 0 Å². The Morgan fingerprint density at radius 2 is 1.92 bits per heavy atom. The Balaban J connectivity index is 4.43. The van der Waals surface area contributed by atoms with Crippen LogP contribution in [-0.2, 0) is 0 Å². The molecule has 0 rings (SSSR count). The van der Waals surface area contributed by atoms with E-state index in [4.69, 9.17) is 30.2 Å². The maximum absolute atomic E-state index is 12.5. The molecule has 1 atom stereocenters. The highest BCUT2D eigenvalue weighted by Gasteiger charge is 2.22. The highest BCUT2D eigenvalue weighted by molar-refractivity contribution is 7.82. The highest BCUT2D eigenvalue weighted by atomic mass is 32.1. The number of hydrogen-bond donors (Lipinski definition) is 1. The van der Waals surface area contributed by atoms with Gasteiger partial charge in [0.05, 0.1) is 15.5 Å². The molecule has 0 amide bonds. The average molecular weight is 236 g/mol. The van der Waals surface area contributed by atoms with Crippen molar-refractivity contribution in [3.8, 4) is 0 Å². The summed E-state index contributed by atoms with van der Waals surface area (Å²) in [6.45, 7) is 5.46. The van der Waals surface area contributed by atoms with Gasteiger partial charge >= 0.3 is 9.85 Å². The molecule has 0 spiro atoms. The first-order valence-corrected chi connectivity index (χ1v) is 5.79. The van der Waals surface area contributed by atoms with E-state index in [1.807, 2.05) is 18.7 Å². The largest absolute Gasteiger partial charge is 0.393 e. The van der Waals surface area contributed by atoms with Crippen molar-refractivity contribution in [2.24, 2.45) is 5.73 Å². The number of nitrogens with two attached hydrogens (primary N) is 1. The molecule has 0 aliphatic carbocycles. The lowest BCUT2D eigenvalue weighted by atomic mass is 10.3. The van der Waals surface area contributed by atoms with Gasteiger partial charge in [-0.3, -0.25) is 0 Å². The average Bonchev–Trinajstić information content (AvgIpc) is 2.07. The second-order valence-electron chi connectivity index (χ2n) is 2.46. The van der Waals surface area contributed by atoms with Crippen LogP contribution < -0.4 is 5.73 Å². The molecule has 0 aromatic carbocycles. The standard InChI is InChI=1S/C7H13FN2S2Si/c1-3-10(4-2)7(12)5(13-8)6(9)11/h5H,3-4H2,1-2H3,(H2,9,11). The van der Waals surface area contributed by atoms with Crippen molar-refractivity contribution >= 4 is 44.3 Å². The minimum atomic E-state index is -0.841. The predicted molar refractivity (Wildman–Crippen MR) is 62.9 cm³/mol. The molecule has 0 bridgehead atoms. The summed E-state index contributed by atoms with van der Waals surface area (Å²) in [6, 6.07) is 0. The lowest BCUT2D eigenvalue weighted by molar-refractivity contribution is 0.468. The summed E-state index contributed by atoms with van der Waals surface area (Å²) in [7, 11) is -0.841. The molecule has 0 aromatic rings. The summed E-state index contributed by atoms with van der Waals surface area (Å²) in [5.74, 6) is 0. The Morgan fingerprint density at radius 3 is 2.15 bits per heavy atom. The van der Waals surface area contributed by atoms with Crippen LogP contribution in [0.15, 0.2) is 0 Å². The molecule has 0 fully saturated rings. The van der Waals surface area contributed by atoms with Gasteiger partial charge in [-0.25, -0.2) is 0 Å². The topological polar surface area (TPSA) is 29.3 Å². The Labute approximate surface area is 91.7 Å². The van der Waals surface area contributed by atoms with E-state index >= 15 is 0 Å². The zero-order valence-electron chi connectivity index (χ0n) is 7.71. The van der Waals surface area contributed by atoms with E-state index in [9.17, 15) is 4.11 Å². The van der Waals surface area contributed by atoms with Gasteiger partial charge in [-0.1, -0.05) is 24.4 Å². The molecule has 0 aliphatic heterocycles. The SMILES string of the molecule is CCN(CC)C(=S)C([Si]F)C(N)=S. The van der Waals surface area contributed by atoms with E-state index < -0.39 is 15.4 Å². The van der Waals surface area contributed by atoms with Crippen LogP contribution in [-0.4, -0.2) is 37.8 Å². The first kappa shape index (κ1) is 12.9. The fourth-order valence-corrected chi connectivity index (χ4v) is 2.16. The molecule has 13 heavy (non-hydrogen) atoms. The van der Waals surface area contributed by atoms with Crippen LogP contribution >= 0.6 is 24.4 Å². The van der Waals surface area contributed by atoms with E-state index in [-0.39, 0.29) is 4.99 Å². The van der Waals surface area contributed by atoms with E-state index in [0.29, 0.717) is 4.99 Å². The summed E-state index contributed by atoms with van der Waals surface area (Å²) in [5.41, 5.74) is 4.83. The second-order valence-corrected chi connectivity index (χ2v) is 4.14. The minimum absolute atomic E-state index is 0.151. The highest BCUT2D eigenvalue weighted by Crippen LogP contribution is 2.11. The van der Waals surface area contributed by atoms with Gasteiger partial charge in [-0.2, -0.15) is 0 Å². The molecule has 6 heteroatoms. The Hall–Kier alpha value is -0.0731. The number of thiocarbonyl (C=S) groups is 2. The number of rotatable bonds is 5. The van der Waals surface area contributed by atoms with Gasteiger partial charge in [0.25, 0.3) is 0 Å². The molecule has 2 N–H and O–H groups in total. The molecule has 0 aliphatic rings. The molecule has 0 saturated carbocycles. The summed E-state index contributed by atoms with van der Waals surface area (Å²) in [4.78, 5) is 2.57. The van der Waals surface area contributed by atoms with Crippen LogP contribution in [0.3, 0.4) is 0 Å². The summed E-state index contributed by atoms with van der Waals surface area (Å²) >= 11 is 9.83. The molecular weight excluding hydrogens is 223 g/mol. The van der Waals surface area contributed by atoms with Gasteiger partial charge in [-0.05, 0) is 13.8 Å². The third kappa shape index (κ3) is 3.66. The zero-order chi connectivity index (χ0) is 10.4. The Kier molecular flexibility index (Phi) is 6.36. The minimum Gasteiger partial charge on any atom is -0.393 e. The first-order valence-electron chi connectivity index (χ1n) is 4.02. The van der Waals surface area contributed by atoms with Crippen molar-refractivity contribution in [3.63, 3.8) is 0 Å². The predicted octanol–water partition coefficient (Wildman–Crippen LogP) is 1.32. The molecular formula is C7H13FN2S2Si. The lowest BCUT2D eigenvalue weighted by Gasteiger charge is -2.25. The lowest BCUT2D eigenvalue weighted by Crippen LogP contribution is -2.38. The number of hydrogen-bond acceptors (Lipinski definition) is 2. The van der Waals surface area contributed by atoms with E-state index in [2.05, 4.69) is 0 Å². The first-order chi connectivity index (χ1) is 6.08. The third-order valence-corrected chi connectivity index (χ3v) is 3.67. The van der Waals surface area contributed by atoms with Crippen LogP contribution in [0.1, 0.15) is 13.8 Å². The summed E-state index contributed by atoms with van der Waals surface area (Å²) in [6.07, 6.45) is 0. The van der Waals surface area contributed by atoms with E-state index in [0.717, 1.165) is 13.1 Å². The number of halogens is 1. The van der Waals surface area contributed by atoms with Crippen molar-refractivity contribution in [1.82, 2.24) is 4.90 Å². The molecule has 2 nitrogen and oxygen atoms in total. The van der Waals surface area contributed by atoms with Crippen LogP contribution in [0.5, 0.6) is 0 Å². The van der Waals surface area contributed by atoms with Crippen molar-refractivity contribution < 1.29 is 4.11 Å². The van der Waals surface area contributed by atoms with Gasteiger partial charge in [0.15, 0.2) is 0 Å². The molecule has 74 valence electrons. The second kappa shape index (κ2) is 6.39. The van der Waals surface area contributed by atoms with Gasteiger partial charge in [0, 0.05) is 13.1 Å². The van der Waals surface area contributed by atoms with E-state index in [1.165, 1.54) is 0 Å². The van der Waals surface area contributed by atoms with Crippen LogP contribution in [0.4, 0.5) is 4.11 Å². The van der Waals surface area contributed by atoms with Crippen LogP contribution in [0.25, 0.3) is 0 Å². The van der Waals surface area contributed by atoms with Crippen LogP contribution in [0.2, 0.25) is 5.54 Å². The monoisotopic (exact) mass is 236 g/mol. The molecule has 0 saturated heterocycles. The molecule has 1 unspecified atom stereocenters. The van der Waals surface area contributed by atoms with Gasteiger partial charge in [0.1, 0.15) is 0 Å². The summed E-state index contributed by atoms with van der Waals surface area (Å²) < 4.78 is 12.5. The van der Waals surface area contributed by atoms with Crippen molar-refractivity contribution in [2.75, 3.05) is 13.1 Å². The maximum Gasteiger partial charge on any atom is 0.312 e. The zero-order valence-corrected chi connectivity index (χ0v) is 10.3. The quantitative estimate of drug-likeness (QED) is 0.443. The van der Waals surface area contributed by atoms with Crippen molar-refractivity contribution in [1.29, 1.82) is 0 Å².